The van der Waals surface area contributed by atoms with Crippen LogP contribution in [0.3, 0.4) is 0 Å². The number of aromatic nitrogens is 1. The second kappa shape index (κ2) is 8.23. The highest BCUT2D eigenvalue weighted by Gasteiger charge is 2.13. The molecule has 0 fully saturated rings. The molecule has 1 aromatic carbocycles. The zero-order valence-corrected chi connectivity index (χ0v) is 14.0. The summed E-state index contributed by atoms with van der Waals surface area (Å²) in [4.78, 5) is 4.36. The zero-order chi connectivity index (χ0) is 16.7. The van der Waals surface area contributed by atoms with Crippen LogP contribution >= 0.6 is 0 Å². The predicted octanol–water partition coefficient (Wildman–Crippen LogP) is 4.12. The van der Waals surface area contributed by atoms with E-state index < -0.39 is 0 Å². The lowest BCUT2D eigenvalue weighted by Gasteiger charge is -2.14. The Kier molecular flexibility index (Phi) is 6.04. The molecule has 2 rings (SSSR count). The Morgan fingerprint density at radius 2 is 1.87 bits per heavy atom. The van der Waals surface area contributed by atoms with Crippen LogP contribution in [0.4, 0.5) is 5.69 Å². The molecule has 5 heteroatoms. The van der Waals surface area contributed by atoms with Gasteiger partial charge in [0.15, 0.2) is 11.5 Å². The molecule has 0 aliphatic carbocycles. The Labute approximate surface area is 137 Å². The van der Waals surface area contributed by atoms with Gasteiger partial charge in [-0.15, -0.1) is 0 Å². The molecule has 2 aromatic rings. The fourth-order valence-corrected chi connectivity index (χ4v) is 2.56. The molecule has 0 radical (unpaired) electrons. The van der Waals surface area contributed by atoms with Gasteiger partial charge in [-0.05, 0) is 12.5 Å². The summed E-state index contributed by atoms with van der Waals surface area (Å²) in [6, 6.07) is 5.91. The van der Waals surface area contributed by atoms with Crippen LogP contribution in [0.15, 0.2) is 18.3 Å². The standard InChI is InChI=1S/C18H23N3O2/c1-4-5-6-7-8-20-18-13(11-19)12-21-15-10-17(23-3)16(22-2)9-14(15)18/h9-10,12H,4-8H2,1-3H3,(H,20,21). The van der Waals surface area contributed by atoms with Crippen LogP contribution < -0.4 is 14.8 Å². The van der Waals surface area contributed by atoms with Crippen molar-refractivity contribution in [2.45, 2.75) is 32.6 Å². The molecule has 122 valence electrons. The molecule has 0 unspecified atom stereocenters. The average molecular weight is 313 g/mol. The number of nitrogens with zero attached hydrogens (tertiary/aromatic N) is 2. The summed E-state index contributed by atoms with van der Waals surface area (Å²) in [5.74, 6) is 1.26. The van der Waals surface area contributed by atoms with E-state index in [2.05, 4.69) is 23.3 Å². The number of unbranched alkanes of at least 4 members (excludes halogenated alkanes) is 3. The number of nitriles is 1. The number of hydrogen-bond acceptors (Lipinski definition) is 5. The number of pyridine rings is 1. The first-order valence-electron chi connectivity index (χ1n) is 7.93. The summed E-state index contributed by atoms with van der Waals surface area (Å²) in [7, 11) is 3.20. The Balaban J connectivity index is 2.37. The van der Waals surface area contributed by atoms with Gasteiger partial charge in [0.25, 0.3) is 0 Å². The minimum atomic E-state index is 0.542. The number of ether oxygens (including phenoxy) is 2. The van der Waals surface area contributed by atoms with Crippen LogP contribution in [0, 0.1) is 11.3 Å². The van der Waals surface area contributed by atoms with Crippen LogP contribution in [0.5, 0.6) is 11.5 Å². The van der Waals surface area contributed by atoms with Crippen molar-refractivity contribution in [3.8, 4) is 17.6 Å². The lowest BCUT2D eigenvalue weighted by atomic mass is 10.1. The summed E-state index contributed by atoms with van der Waals surface area (Å²) < 4.78 is 10.7. The minimum Gasteiger partial charge on any atom is -0.493 e. The Morgan fingerprint density at radius 3 is 2.52 bits per heavy atom. The van der Waals surface area contributed by atoms with Gasteiger partial charge in [-0.3, -0.25) is 4.98 Å². The molecule has 1 N–H and O–H groups in total. The Morgan fingerprint density at radius 1 is 1.13 bits per heavy atom. The maximum atomic E-state index is 9.36. The molecular formula is C18H23N3O2. The van der Waals surface area contributed by atoms with Crippen molar-refractivity contribution < 1.29 is 9.47 Å². The van der Waals surface area contributed by atoms with Crippen molar-refractivity contribution in [2.24, 2.45) is 0 Å². The number of fused-ring (bicyclic) bond motifs is 1. The molecule has 0 aliphatic rings. The summed E-state index contributed by atoms with van der Waals surface area (Å²) in [6.07, 6.45) is 6.30. The molecule has 5 nitrogen and oxygen atoms in total. The summed E-state index contributed by atoms with van der Waals surface area (Å²) >= 11 is 0. The highest BCUT2D eigenvalue weighted by Crippen LogP contribution is 2.35. The van der Waals surface area contributed by atoms with Gasteiger partial charge in [0.1, 0.15) is 6.07 Å². The third-order valence-electron chi connectivity index (χ3n) is 3.83. The number of anilines is 1. The Hall–Kier alpha value is -2.48. The van der Waals surface area contributed by atoms with Gasteiger partial charge in [0, 0.05) is 24.2 Å². The van der Waals surface area contributed by atoms with Crippen molar-refractivity contribution in [1.82, 2.24) is 4.98 Å². The fraction of sp³-hybridized carbons (Fsp3) is 0.444. The number of benzene rings is 1. The first kappa shape index (κ1) is 16.9. The van der Waals surface area contributed by atoms with Crippen molar-refractivity contribution >= 4 is 16.6 Å². The number of rotatable bonds is 8. The van der Waals surface area contributed by atoms with Crippen LogP contribution in [-0.4, -0.2) is 25.7 Å². The number of hydrogen-bond donors (Lipinski definition) is 1. The van der Waals surface area contributed by atoms with E-state index >= 15 is 0 Å². The number of nitrogens with one attached hydrogen (secondary N) is 1. The van der Waals surface area contributed by atoms with Crippen LogP contribution in [0.25, 0.3) is 10.9 Å². The quantitative estimate of drug-likeness (QED) is 0.743. The highest BCUT2D eigenvalue weighted by molar-refractivity contribution is 5.96. The van der Waals surface area contributed by atoms with E-state index in [1.807, 2.05) is 12.1 Å². The number of methoxy groups -OCH3 is 2. The Bertz CT molecular complexity index is 707. The fourth-order valence-electron chi connectivity index (χ4n) is 2.56. The van der Waals surface area contributed by atoms with Crippen molar-refractivity contribution in [1.29, 1.82) is 5.26 Å². The second-order valence-corrected chi connectivity index (χ2v) is 5.37. The van der Waals surface area contributed by atoms with Crippen LogP contribution in [0.2, 0.25) is 0 Å². The smallest absolute Gasteiger partial charge is 0.162 e. The second-order valence-electron chi connectivity index (χ2n) is 5.37. The topological polar surface area (TPSA) is 67.2 Å². The minimum absolute atomic E-state index is 0.542. The summed E-state index contributed by atoms with van der Waals surface area (Å²) in [5, 5.41) is 13.6. The molecule has 23 heavy (non-hydrogen) atoms. The molecular weight excluding hydrogens is 290 g/mol. The van der Waals surface area contributed by atoms with Gasteiger partial charge < -0.3 is 14.8 Å². The molecule has 1 heterocycles. The van der Waals surface area contributed by atoms with Gasteiger partial charge >= 0.3 is 0 Å². The molecule has 1 aromatic heterocycles. The van der Waals surface area contributed by atoms with Gasteiger partial charge in [0.05, 0.1) is 31.0 Å². The normalized spacial score (nSPS) is 10.3. The first-order chi connectivity index (χ1) is 11.2. The molecule has 0 aliphatic heterocycles. The zero-order valence-electron chi connectivity index (χ0n) is 14.0. The van der Waals surface area contributed by atoms with E-state index in [1.165, 1.54) is 19.3 Å². The lowest BCUT2D eigenvalue weighted by molar-refractivity contribution is 0.356. The lowest BCUT2D eigenvalue weighted by Crippen LogP contribution is -2.05. The van der Waals surface area contributed by atoms with Crippen LogP contribution in [-0.2, 0) is 0 Å². The van der Waals surface area contributed by atoms with E-state index in [4.69, 9.17) is 9.47 Å². The van der Waals surface area contributed by atoms with E-state index in [0.717, 1.165) is 29.6 Å². The third-order valence-corrected chi connectivity index (χ3v) is 3.83. The summed E-state index contributed by atoms with van der Waals surface area (Å²) in [6.45, 7) is 3.03. The van der Waals surface area contributed by atoms with E-state index in [-0.39, 0.29) is 0 Å². The highest BCUT2D eigenvalue weighted by atomic mass is 16.5. The van der Waals surface area contributed by atoms with E-state index in [9.17, 15) is 5.26 Å². The van der Waals surface area contributed by atoms with Gasteiger partial charge in [-0.25, -0.2) is 0 Å². The van der Waals surface area contributed by atoms with Crippen LogP contribution in [0.1, 0.15) is 38.2 Å². The molecule has 0 saturated carbocycles. The third kappa shape index (κ3) is 3.84. The molecule has 0 bridgehead atoms. The maximum Gasteiger partial charge on any atom is 0.162 e. The van der Waals surface area contributed by atoms with Crippen molar-refractivity contribution in [3.63, 3.8) is 0 Å². The summed E-state index contributed by atoms with van der Waals surface area (Å²) in [5.41, 5.74) is 2.13. The van der Waals surface area contributed by atoms with Crippen molar-refractivity contribution in [3.05, 3.63) is 23.9 Å². The van der Waals surface area contributed by atoms with Gasteiger partial charge in [-0.1, -0.05) is 26.2 Å². The molecule has 0 atom stereocenters. The predicted molar refractivity (Wildman–Crippen MR) is 92.2 cm³/mol. The SMILES string of the molecule is CCCCCCNc1c(C#N)cnc2cc(OC)c(OC)cc12. The molecule has 0 saturated heterocycles. The van der Waals surface area contributed by atoms with E-state index in [1.54, 1.807) is 20.4 Å². The van der Waals surface area contributed by atoms with Gasteiger partial charge in [-0.2, -0.15) is 5.26 Å². The van der Waals surface area contributed by atoms with E-state index in [0.29, 0.717) is 17.1 Å². The molecule has 0 amide bonds. The molecule has 0 spiro atoms. The monoisotopic (exact) mass is 313 g/mol. The van der Waals surface area contributed by atoms with Crippen molar-refractivity contribution in [2.75, 3.05) is 26.1 Å². The largest absolute Gasteiger partial charge is 0.493 e. The van der Waals surface area contributed by atoms with Gasteiger partial charge in [0.2, 0.25) is 0 Å². The first-order valence-corrected chi connectivity index (χ1v) is 7.93. The maximum absolute atomic E-state index is 9.36. The average Bonchev–Trinajstić information content (AvgIpc) is 2.60.